The van der Waals surface area contributed by atoms with Crippen LogP contribution < -0.4 is 5.32 Å². The Kier molecular flexibility index (Phi) is 6.06. The number of carbonyl (C=O) groups excluding carboxylic acids is 1. The molecule has 1 unspecified atom stereocenters. The van der Waals surface area contributed by atoms with Crippen LogP contribution in [0.15, 0.2) is 35.0 Å². The highest BCUT2D eigenvalue weighted by Crippen LogP contribution is 2.24. The third-order valence-corrected chi connectivity index (χ3v) is 5.55. The van der Waals surface area contributed by atoms with Crippen LogP contribution in [0, 0.1) is 5.82 Å². The van der Waals surface area contributed by atoms with Gasteiger partial charge in [-0.15, -0.1) is 0 Å². The Hall–Kier alpha value is -1.47. The van der Waals surface area contributed by atoms with Crippen LogP contribution in [-0.2, 0) is 0 Å². The third-order valence-electron chi connectivity index (χ3n) is 4.54. The number of amides is 1. The lowest BCUT2D eigenvalue weighted by atomic mass is 10.1. The van der Waals surface area contributed by atoms with Gasteiger partial charge in [-0.05, 0) is 47.6 Å². The van der Waals surface area contributed by atoms with Gasteiger partial charge in [-0.2, -0.15) is 11.3 Å². The normalized spacial score (nSPS) is 17.4. The lowest BCUT2D eigenvalue weighted by molar-refractivity contribution is 0.0887. The molecule has 1 aliphatic rings. The molecule has 0 aliphatic carbocycles. The van der Waals surface area contributed by atoms with E-state index in [0.29, 0.717) is 12.1 Å². The summed E-state index contributed by atoms with van der Waals surface area (Å²) in [5.41, 5.74) is 1.51. The molecule has 1 N–H and O–H groups in total. The van der Waals surface area contributed by atoms with Crippen LogP contribution in [0.1, 0.15) is 22.0 Å². The van der Waals surface area contributed by atoms with E-state index in [9.17, 15) is 9.18 Å². The maximum Gasteiger partial charge on any atom is 0.252 e. The second-order valence-corrected chi connectivity index (χ2v) is 7.43. The summed E-state index contributed by atoms with van der Waals surface area (Å²) in [7, 11) is 2.12. The van der Waals surface area contributed by atoms with Gasteiger partial charge in [0.25, 0.3) is 5.91 Å². The molecule has 1 fully saturated rings. The van der Waals surface area contributed by atoms with Gasteiger partial charge in [-0.1, -0.05) is 11.6 Å². The first-order valence-corrected chi connectivity index (χ1v) is 9.54. The molecule has 2 heterocycles. The lowest BCUT2D eigenvalue weighted by Gasteiger charge is -2.38. The third kappa shape index (κ3) is 4.58. The van der Waals surface area contributed by atoms with Crippen LogP contribution in [0.4, 0.5) is 4.39 Å². The molecule has 1 saturated heterocycles. The molecule has 1 atom stereocenters. The minimum absolute atomic E-state index is 0.128. The number of piperazine rings is 1. The summed E-state index contributed by atoms with van der Waals surface area (Å²) in [6, 6.07) is 6.06. The fraction of sp³-hybridized carbons (Fsp3) is 0.389. The van der Waals surface area contributed by atoms with Gasteiger partial charge in [-0.3, -0.25) is 9.69 Å². The van der Waals surface area contributed by atoms with Gasteiger partial charge in [-0.25, -0.2) is 4.39 Å². The topological polar surface area (TPSA) is 35.6 Å². The molecule has 0 saturated carbocycles. The van der Waals surface area contributed by atoms with Crippen molar-refractivity contribution in [2.24, 2.45) is 0 Å². The molecule has 0 radical (unpaired) electrons. The molecule has 25 heavy (non-hydrogen) atoms. The van der Waals surface area contributed by atoms with E-state index in [1.54, 1.807) is 11.3 Å². The van der Waals surface area contributed by atoms with E-state index < -0.39 is 5.82 Å². The number of hydrogen-bond acceptors (Lipinski definition) is 4. The zero-order valence-corrected chi connectivity index (χ0v) is 15.6. The Balaban J connectivity index is 1.69. The minimum Gasteiger partial charge on any atom is -0.350 e. The van der Waals surface area contributed by atoms with E-state index in [1.807, 2.05) is 0 Å². The fourth-order valence-electron chi connectivity index (χ4n) is 3.01. The van der Waals surface area contributed by atoms with Crippen LogP contribution >= 0.6 is 22.9 Å². The van der Waals surface area contributed by atoms with E-state index in [1.165, 1.54) is 17.7 Å². The van der Waals surface area contributed by atoms with E-state index in [4.69, 9.17) is 11.6 Å². The number of carbonyl (C=O) groups is 1. The number of benzene rings is 1. The molecule has 134 valence electrons. The Morgan fingerprint density at radius 2 is 2.08 bits per heavy atom. The van der Waals surface area contributed by atoms with Crippen molar-refractivity contribution in [1.82, 2.24) is 15.1 Å². The van der Waals surface area contributed by atoms with Crippen molar-refractivity contribution < 1.29 is 9.18 Å². The number of thiophene rings is 1. The van der Waals surface area contributed by atoms with Gasteiger partial charge in [0.15, 0.2) is 0 Å². The molecule has 1 aromatic heterocycles. The predicted octanol–water partition coefficient (Wildman–Crippen LogP) is 3.26. The van der Waals surface area contributed by atoms with Crippen molar-refractivity contribution in [1.29, 1.82) is 0 Å². The Morgan fingerprint density at radius 1 is 1.32 bits per heavy atom. The van der Waals surface area contributed by atoms with Crippen LogP contribution in [-0.4, -0.2) is 55.5 Å². The summed E-state index contributed by atoms with van der Waals surface area (Å²) in [5, 5.41) is 7.27. The maximum absolute atomic E-state index is 13.2. The van der Waals surface area contributed by atoms with Gasteiger partial charge < -0.3 is 10.2 Å². The van der Waals surface area contributed by atoms with E-state index in [-0.39, 0.29) is 17.0 Å². The van der Waals surface area contributed by atoms with Crippen LogP contribution in [0.25, 0.3) is 0 Å². The summed E-state index contributed by atoms with van der Waals surface area (Å²) in [4.78, 5) is 17.1. The summed E-state index contributed by atoms with van der Waals surface area (Å²) in [5.74, 6) is -0.727. The first-order valence-electron chi connectivity index (χ1n) is 8.22. The molecule has 7 heteroatoms. The molecular weight excluding hydrogens is 361 g/mol. The van der Waals surface area contributed by atoms with Crippen molar-refractivity contribution in [3.63, 3.8) is 0 Å². The average Bonchev–Trinajstić information content (AvgIpc) is 3.10. The Morgan fingerprint density at radius 3 is 2.72 bits per heavy atom. The Labute approximate surface area is 156 Å². The van der Waals surface area contributed by atoms with Crippen LogP contribution in [0.2, 0.25) is 5.02 Å². The number of nitrogens with one attached hydrogen (secondary N) is 1. The second-order valence-electron chi connectivity index (χ2n) is 6.25. The molecule has 1 amide bonds. The first kappa shape index (κ1) is 18.3. The van der Waals surface area contributed by atoms with Gasteiger partial charge in [0.2, 0.25) is 0 Å². The molecule has 1 aliphatic heterocycles. The highest BCUT2D eigenvalue weighted by atomic mass is 35.5. The minimum atomic E-state index is -0.449. The number of halogens is 2. The van der Waals surface area contributed by atoms with Crippen molar-refractivity contribution in [3.05, 3.63) is 57.0 Å². The Bertz CT molecular complexity index is 717. The summed E-state index contributed by atoms with van der Waals surface area (Å²) >= 11 is 7.64. The van der Waals surface area contributed by atoms with Gasteiger partial charge >= 0.3 is 0 Å². The number of rotatable bonds is 5. The van der Waals surface area contributed by atoms with Crippen molar-refractivity contribution in [3.8, 4) is 0 Å². The van der Waals surface area contributed by atoms with Gasteiger partial charge in [0, 0.05) is 32.7 Å². The van der Waals surface area contributed by atoms with Crippen molar-refractivity contribution in [2.75, 3.05) is 39.8 Å². The van der Waals surface area contributed by atoms with Crippen LogP contribution in [0.5, 0.6) is 0 Å². The molecule has 4 nitrogen and oxygen atoms in total. The molecule has 0 bridgehead atoms. The van der Waals surface area contributed by atoms with Crippen molar-refractivity contribution >= 4 is 28.8 Å². The molecule has 1 aromatic carbocycles. The maximum atomic E-state index is 13.2. The van der Waals surface area contributed by atoms with Crippen molar-refractivity contribution in [2.45, 2.75) is 6.04 Å². The predicted molar refractivity (Wildman–Crippen MR) is 99.9 cm³/mol. The second kappa shape index (κ2) is 8.27. The fourth-order valence-corrected chi connectivity index (χ4v) is 3.97. The summed E-state index contributed by atoms with van der Waals surface area (Å²) in [6.07, 6.45) is 0. The van der Waals surface area contributed by atoms with E-state index in [0.717, 1.165) is 32.2 Å². The van der Waals surface area contributed by atoms with Gasteiger partial charge in [0.1, 0.15) is 5.82 Å². The number of nitrogens with zero attached hydrogens (tertiary/aromatic N) is 2. The summed E-state index contributed by atoms with van der Waals surface area (Å²) in [6.45, 7) is 4.44. The highest BCUT2D eigenvalue weighted by molar-refractivity contribution is 7.07. The SMILES string of the molecule is CN1CCN(C(CNC(=O)c2ccc(F)cc2Cl)c2ccsc2)CC1. The molecular formula is C18H21ClFN3OS. The standard InChI is InChI=1S/C18H21ClFN3OS/c1-22-5-7-23(8-6-22)17(13-4-9-25-12-13)11-21-18(24)15-3-2-14(20)10-16(15)19/h2-4,9-10,12,17H,5-8,11H2,1H3,(H,21,24). The molecule has 2 aromatic rings. The number of likely N-dealkylation sites (N-methyl/N-ethyl adjacent to an activating group) is 1. The lowest BCUT2D eigenvalue weighted by Crippen LogP contribution is -2.48. The monoisotopic (exact) mass is 381 g/mol. The largest absolute Gasteiger partial charge is 0.350 e. The number of hydrogen-bond donors (Lipinski definition) is 1. The van der Waals surface area contributed by atoms with Gasteiger partial charge in [0.05, 0.1) is 16.6 Å². The average molecular weight is 382 g/mol. The molecule has 3 rings (SSSR count). The zero-order valence-electron chi connectivity index (χ0n) is 14.0. The van der Waals surface area contributed by atoms with Crippen LogP contribution in [0.3, 0.4) is 0 Å². The smallest absolute Gasteiger partial charge is 0.252 e. The van der Waals surface area contributed by atoms with E-state index in [2.05, 4.69) is 39.0 Å². The summed E-state index contributed by atoms with van der Waals surface area (Å²) < 4.78 is 13.2. The molecule has 0 spiro atoms. The zero-order chi connectivity index (χ0) is 17.8. The quantitative estimate of drug-likeness (QED) is 0.863. The highest BCUT2D eigenvalue weighted by Gasteiger charge is 2.25. The first-order chi connectivity index (χ1) is 12.0. The van der Waals surface area contributed by atoms with E-state index >= 15 is 0 Å².